The maximum atomic E-state index is 5.45. The number of methoxy groups -OCH3 is 6. The van der Waals surface area contributed by atoms with Gasteiger partial charge < -0.3 is 28.4 Å². The molecule has 12 nitrogen and oxygen atoms in total. The molecule has 0 amide bonds. The summed E-state index contributed by atoms with van der Waals surface area (Å²) in [7, 11) is 9.93. The Labute approximate surface area is 601 Å². The molecule has 0 aliphatic carbocycles. The van der Waals surface area contributed by atoms with Crippen molar-refractivity contribution < 1.29 is 28.4 Å². The molecular formula is C91H76N6O6. The molecule has 0 bridgehead atoms. The Bertz CT molecular complexity index is 5520. The van der Waals surface area contributed by atoms with E-state index in [4.69, 9.17) is 28.4 Å². The second-order valence-corrected chi connectivity index (χ2v) is 23.2. The highest BCUT2D eigenvalue weighted by atomic mass is 16.5. The normalized spacial score (nSPS) is 10.8. The van der Waals surface area contributed by atoms with Crippen molar-refractivity contribution in [1.29, 1.82) is 0 Å². The minimum atomic E-state index is 0.547. The van der Waals surface area contributed by atoms with E-state index in [0.29, 0.717) is 11.6 Å². The molecule has 15 rings (SSSR count). The third kappa shape index (κ3) is 20.6. The molecule has 0 atom stereocenters. The van der Waals surface area contributed by atoms with Gasteiger partial charge in [0, 0.05) is 56.9 Å². The number of hydrogen-bond acceptors (Lipinski definition) is 12. The number of benzene rings is 9. The van der Waals surface area contributed by atoms with Crippen LogP contribution in [0, 0.1) is 18.8 Å². The van der Waals surface area contributed by atoms with Crippen LogP contribution in [0.5, 0.6) is 34.6 Å². The van der Waals surface area contributed by atoms with E-state index in [1.807, 2.05) is 231 Å². The van der Waals surface area contributed by atoms with Gasteiger partial charge >= 0.3 is 0 Å². The second kappa shape index (κ2) is 36.4. The van der Waals surface area contributed by atoms with Gasteiger partial charge in [-0.05, 0) is 180 Å². The Balaban J connectivity index is 0.000000129. The summed E-state index contributed by atoms with van der Waals surface area (Å²) in [6.07, 6.45) is 18.1. The van der Waals surface area contributed by atoms with E-state index >= 15 is 0 Å². The maximum Gasteiger partial charge on any atom is 0.214 e. The monoisotopic (exact) mass is 1350 g/mol. The van der Waals surface area contributed by atoms with Crippen LogP contribution in [0.3, 0.4) is 0 Å². The predicted molar refractivity (Wildman–Crippen MR) is 424 cm³/mol. The first kappa shape index (κ1) is 70.8. The average Bonchev–Trinajstić information content (AvgIpc) is 0.833. The van der Waals surface area contributed by atoms with E-state index < -0.39 is 0 Å². The van der Waals surface area contributed by atoms with Gasteiger partial charge in [0.2, 0.25) is 5.88 Å². The van der Waals surface area contributed by atoms with Gasteiger partial charge in [0.1, 0.15) is 34.4 Å². The van der Waals surface area contributed by atoms with Crippen LogP contribution in [0.25, 0.3) is 103 Å². The number of aromatic nitrogens is 6. The summed E-state index contributed by atoms with van der Waals surface area (Å²) in [6.45, 7) is 2.11. The van der Waals surface area contributed by atoms with Gasteiger partial charge in [-0.3, -0.25) is 0 Å². The molecule has 12 heteroatoms. The SMILES string of the molecule is COc1cc(/C=C/c2ccccc2)nc2ccccc12.COc1ccc2ccc(/C=C/c3ccccc3)nc2c1.COc1ccc2nc(/C=C/c3ccccc3)ccc2c1.COc1ccc2nc(/C=C/c3ccccc3C)ccc2c1.COc1ccc2nc(C#Cc3ccnc(OC)c3)ccc2c1. The lowest BCUT2D eigenvalue weighted by Crippen LogP contribution is -1.90. The predicted octanol–water partition coefficient (Wildman–Crippen LogP) is 21.0. The summed E-state index contributed by atoms with van der Waals surface area (Å²) in [4.78, 5) is 27.1. The third-order valence-electron chi connectivity index (χ3n) is 16.2. The van der Waals surface area contributed by atoms with Crippen molar-refractivity contribution in [3.05, 3.63) is 347 Å². The zero-order valence-electron chi connectivity index (χ0n) is 58.4. The molecule has 6 aromatic heterocycles. The number of pyridine rings is 6. The highest BCUT2D eigenvalue weighted by molar-refractivity contribution is 5.88. The Kier molecular flexibility index (Phi) is 25.0. The van der Waals surface area contributed by atoms with Gasteiger partial charge in [-0.1, -0.05) is 176 Å². The first-order chi connectivity index (χ1) is 50.6. The maximum absolute atomic E-state index is 5.45. The number of ether oxygens (including phenoxy) is 6. The largest absolute Gasteiger partial charge is 0.497 e. The lowest BCUT2D eigenvalue weighted by atomic mass is 10.1. The lowest BCUT2D eigenvalue weighted by Gasteiger charge is -2.06. The van der Waals surface area contributed by atoms with Gasteiger partial charge in [-0.2, -0.15) is 0 Å². The van der Waals surface area contributed by atoms with Crippen LogP contribution < -0.4 is 28.4 Å². The fourth-order valence-electron chi connectivity index (χ4n) is 10.6. The number of para-hydroxylation sites is 1. The molecule has 506 valence electrons. The fraction of sp³-hybridized carbons (Fsp3) is 0.0769. The molecule has 0 aliphatic rings. The zero-order chi connectivity index (χ0) is 71.4. The quantitative estimate of drug-likeness (QED) is 0.0960. The van der Waals surface area contributed by atoms with Crippen molar-refractivity contribution in [2.24, 2.45) is 0 Å². The molecule has 103 heavy (non-hydrogen) atoms. The number of aryl methyl sites for hydroxylation is 1. The fourth-order valence-corrected chi connectivity index (χ4v) is 10.6. The van der Waals surface area contributed by atoms with Gasteiger partial charge in [-0.25, -0.2) is 29.9 Å². The number of hydrogen-bond donors (Lipinski definition) is 0. The molecule has 0 radical (unpaired) electrons. The van der Waals surface area contributed by atoms with Crippen LogP contribution in [0.1, 0.15) is 61.9 Å². The van der Waals surface area contributed by atoms with Crippen LogP contribution in [-0.4, -0.2) is 72.6 Å². The summed E-state index contributed by atoms with van der Waals surface area (Å²) in [5.41, 5.74) is 16.0. The molecule has 6 heterocycles. The van der Waals surface area contributed by atoms with E-state index in [2.05, 4.69) is 140 Å². The first-order valence-corrected chi connectivity index (χ1v) is 33.3. The topological polar surface area (TPSA) is 133 Å². The van der Waals surface area contributed by atoms with E-state index in [1.165, 1.54) is 22.3 Å². The zero-order valence-corrected chi connectivity index (χ0v) is 58.4. The minimum Gasteiger partial charge on any atom is -0.497 e. The van der Waals surface area contributed by atoms with Crippen LogP contribution in [0.4, 0.5) is 0 Å². The molecule has 0 spiro atoms. The van der Waals surface area contributed by atoms with Crippen molar-refractivity contribution in [2.75, 3.05) is 42.7 Å². The highest BCUT2D eigenvalue weighted by Gasteiger charge is 2.07. The van der Waals surface area contributed by atoms with Crippen molar-refractivity contribution in [3.63, 3.8) is 0 Å². The molecule has 0 aliphatic heterocycles. The van der Waals surface area contributed by atoms with E-state index in [1.54, 1.807) is 54.9 Å². The molecule has 0 saturated heterocycles. The molecular weight excluding hydrogens is 1270 g/mol. The Morgan fingerprint density at radius 1 is 0.291 bits per heavy atom. The summed E-state index contributed by atoms with van der Waals surface area (Å²) in [5, 5.41) is 5.34. The molecule has 0 N–H and O–H groups in total. The van der Waals surface area contributed by atoms with Crippen molar-refractivity contribution >= 4 is 103 Å². The summed E-state index contributed by atoms with van der Waals surface area (Å²) in [5.74, 6) is 10.9. The summed E-state index contributed by atoms with van der Waals surface area (Å²) < 4.78 is 31.4. The summed E-state index contributed by atoms with van der Waals surface area (Å²) >= 11 is 0. The van der Waals surface area contributed by atoms with Gasteiger partial charge in [-0.15, -0.1) is 0 Å². The van der Waals surface area contributed by atoms with E-state index in [0.717, 1.165) is 117 Å². The molecule has 0 unspecified atom stereocenters. The summed E-state index contributed by atoms with van der Waals surface area (Å²) in [6, 6.07) is 92.2. The van der Waals surface area contributed by atoms with Gasteiger partial charge in [0.25, 0.3) is 0 Å². The van der Waals surface area contributed by atoms with Crippen molar-refractivity contribution in [3.8, 4) is 46.5 Å². The molecule has 9 aromatic carbocycles. The van der Waals surface area contributed by atoms with Crippen molar-refractivity contribution in [2.45, 2.75) is 6.92 Å². The van der Waals surface area contributed by atoms with Crippen LogP contribution in [0.15, 0.2) is 285 Å². The van der Waals surface area contributed by atoms with E-state index in [-0.39, 0.29) is 0 Å². The third-order valence-corrected chi connectivity index (χ3v) is 16.2. The minimum absolute atomic E-state index is 0.547. The lowest BCUT2D eigenvalue weighted by molar-refractivity contribution is 0.398. The van der Waals surface area contributed by atoms with Crippen LogP contribution >= 0.6 is 0 Å². The first-order valence-electron chi connectivity index (χ1n) is 33.3. The van der Waals surface area contributed by atoms with Gasteiger partial charge in [0.05, 0.1) is 93.0 Å². The van der Waals surface area contributed by atoms with Gasteiger partial charge in [0.15, 0.2) is 0 Å². The number of rotatable bonds is 14. The highest BCUT2D eigenvalue weighted by Crippen LogP contribution is 2.28. The second-order valence-electron chi connectivity index (χ2n) is 23.2. The van der Waals surface area contributed by atoms with E-state index in [9.17, 15) is 0 Å². The Morgan fingerprint density at radius 2 is 0.728 bits per heavy atom. The number of fused-ring (bicyclic) bond motifs is 5. The molecule has 0 saturated carbocycles. The smallest absolute Gasteiger partial charge is 0.214 e. The Morgan fingerprint density at radius 3 is 1.26 bits per heavy atom. The van der Waals surface area contributed by atoms with Crippen molar-refractivity contribution in [1.82, 2.24) is 29.9 Å². The van der Waals surface area contributed by atoms with Crippen LogP contribution in [0.2, 0.25) is 0 Å². The number of nitrogens with zero attached hydrogens (tertiary/aromatic N) is 6. The standard InChI is InChI=1S/C19H17NO.C18H14N2O2.3C18H15NO/c1-14-5-3-4-6-15(14)7-9-17-10-8-16-13-18(21-2)11-12-19(16)20-17;1-21-16-7-8-17-14(12-16)4-6-15(20-17)5-3-13-9-10-19-18(11-13)22-2;1-20-18-13-15(12-11-14-7-3-2-4-8-14)19-17-10-6-5-9-16(17)18;1-20-17-12-9-15-8-11-16(19-18(15)13-17)10-7-14-5-3-2-4-6-14;1-20-17-11-12-18-15(13-17)8-10-16(19-18)9-7-14-5-3-2-4-6-14/h3-13H,1-2H3;4,6-12H,1-2H3;3*2-13H,1H3/b9-7+;;12-11+;10-7+;9-7+. The average molecular weight is 1350 g/mol. The molecule has 0 fully saturated rings. The van der Waals surface area contributed by atoms with Crippen LogP contribution in [-0.2, 0) is 0 Å². The Hall–Kier alpha value is -13.5. The molecule has 15 aromatic rings.